The van der Waals surface area contributed by atoms with E-state index in [9.17, 15) is 4.79 Å². The first-order chi connectivity index (χ1) is 12.6. The molecule has 0 bridgehead atoms. The Labute approximate surface area is 151 Å². The van der Waals surface area contributed by atoms with Gasteiger partial charge in [0.2, 0.25) is 0 Å². The van der Waals surface area contributed by atoms with Gasteiger partial charge < -0.3 is 9.47 Å². The molecule has 0 amide bonds. The fourth-order valence-electron chi connectivity index (χ4n) is 2.59. The minimum atomic E-state index is -0.372. The lowest BCUT2D eigenvalue weighted by Crippen LogP contribution is -2.04. The molecule has 26 heavy (non-hydrogen) atoms. The van der Waals surface area contributed by atoms with Gasteiger partial charge in [-0.05, 0) is 50.2 Å². The molecule has 1 aromatic carbocycles. The Kier molecular flexibility index (Phi) is 5.26. The zero-order valence-electron chi connectivity index (χ0n) is 15.0. The van der Waals surface area contributed by atoms with Gasteiger partial charge in [0, 0.05) is 5.69 Å². The van der Waals surface area contributed by atoms with E-state index in [1.54, 1.807) is 0 Å². The molecule has 0 atom stereocenters. The normalized spacial score (nSPS) is 11.2. The third-order valence-electron chi connectivity index (χ3n) is 3.83. The minimum Gasteiger partial charge on any atom is -0.494 e. The van der Waals surface area contributed by atoms with E-state index in [0.29, 0.717) is 29.5 Å². The number of azo groups is 1. The lowest BCUT2D eigenvalue weighted by molar-refractivity contribution is -0.139. The molecule has 3 rings (SSSR count). The van der Waals surface area contributed by atoms with Gasteiger partial charge in [0.1, 0.15) is 11.4 Å². The number of hydrogen-bond acceptors (Lipinski definition) is 6. The van der Waals surface area contributed by atoms with Gasteiger partial charge in [0.05, 0.1) is 31.5 Å². The van der Waals surface area contributed by atoms with E-state index in [-0.39, 0.29) is 12.4 Å². The number of nitrogens with zero attached hydrogens (tertiary/aromatic N) is 4. The number of carbonyl (C=O) groups excluding carboxylic acids is 1. The molecule has 0 radical (unpaired) electrons. The molecule has 0 aliphatic heterocycles. The summed E-state index contributed by atoms with van der Waals surface area (Å²) in [5.74, 6) is 0.935. The molecule has 2 heterocycles. The van der Waals surface area contributed by atoms with E-state index >= 15 is 0 Å². The fourth-order valence-corrected chi connectivity index (χ4v) is 2.59. The number of ether oxygens (including phenoxy) is 2. The van der Waals surface area contributed by atoms with Crippen molar-refractivity contribution in [1.82, 2.24) is 9.38 Å². The second-order valence-electron chi connectivity index (χ2n) is 5.62. The largest absolute Gasteiger partial charge is 0.494 e. The minimum absolute atomic E-state index is 0.0370. The number of imidazole rings is 1. The first kappa shape index (κ1) is 17.6. The molecule has 3 aromatic rings. The zero-order valence-corrected chi connectivity index (χ0v) is 15.0. The molecular formula is C19H20N4O3. The van der Waals surface area contributed by atoms with Crippen LogP contribution in [0.2, 0.25) is 0 Å². The molecule has 0 saturated carbocycles. The second-order valence-corrected chi connectivity index (χ2v) is 5.62. The summed E-state index contributed by atoms with van der Waals surface area (Å²) in [5.41, 5.74) is 2.87. The molecule has 0 unspecified atom stereocenters. The number of aryl methyl sites for hydroxylation is 1. The Hall–Kier alpha value is -3.22. The molecule has 0 spiro atoms. The van der Waals surface area contributed by atoms with Crippen LogP contribution < -0.4 is 4.74 Å². The third kappa shape index (κ3) is 3.72. The second kappa shape index (κ2) is 7.77. The van der Waals surface area contributed by atoms with Gasteiger partial charge in [-0.3, -0.25) is 9.20 Å². The summed E-state index contributed by atoms with van der Waals surface area (Å²) in [6, 6.07) is 13.1. The fraction of sp³-hybridized carbons (Fsp3) is 0.263. The van der Waals surface area contributed by atoms with Crippen LogP contribution >= 0.6 is 0 Å². The maximum atomic E-state index is 11.7. The van der Waals surface area contributed by atoms with Crippen LogP contribution in [-0.2, 0) is 16.0 Å². The van der Waals surface area contributed by atoms with Crippen molar-refractivity contribution in [2.45, 2.75) is 20.3 Å². The van der Waals surface area contributed by atoms with Crippen molar-refractivity contribution in [2.24, 2.45) is 10.2 Å². The summed E-state index contributed by atoms with van der Waals surface area (Å²) in [4.78, 5) is 16.2. The average Bonchev–Trinajstić information content (AvgIpc) is 2.99. The van der Waals surface area contributed by atoms with Crippen molar-refractivity contribution < 1.29 is 14.3 Å². The maximum absolute atomic E-state index is 11.7. The molecule has 0 N–H and O–H groups in total. The summed E-state index contributed by atoms with van der Waals surface area (Å²) < 4.78 is 12.1. The van der Waals surface area contributed by atoms with E-state index in [0.717, 1.165) is 11.4 Å². The molecule has 0 fully saturated rings. The van der Waals surface area contributed by atoms with Gasteiger partial charge in [-0.2, -0.15) is 0 Å². The van der Waals surface area contributed by atoms with Crippen LogP contribution in [0.3, 0.4) is 0 Å². The Morgan fingerprint density at radius 2 is 1.92 bits per heavy atom. The Bertz CT molecular complexity index is 945. The van der Waals surface area contributed by atoms with Crippen molar-refractivity contribution in [1.29, 1.82) is 0 Å². The number of pyridine rings is 1. The third-order valence-corrected chi connectivity index (χ3v) is 3.83. The SMILES string of the molecule is CCOc1ccc(N=Nc2c(CC(=O)OC)nc3cccc(C)n23)cc1. The first-order valence-corrected chi connectivity index (χ1v) is 8.30. The zero-order chi connectivity index (χ0) is 18.5. The summed E-state index contributed by atoms with van der Waals surface area (Å²) in [7, 11) is 1.35. The number of methoxy groups -OCH3 is 1. The monoisotopic (exact) mass is 352 g/mol. The Morgan fingerprint density at radius 3 is 2.62 bits per heavy atom. The van der Waals surface area contributed by atoms with E-state index < -0.39 is 0 Å². The van der Waals surface area contributed by atoms with Crippen LogP contribution in [0.25, 0.3) is 5.65 Å². The predicted molar refractivity (Wildman–Crippen MR) is 97.4 cm³/mol. The number of aromatic nitrogens is 2. The molecule has 0 aliphatic rings. The van der Waals surface area contributed by atoms with Gasteiger partial charge in [-0.15, -0.1) is 10.2 Å². The highest BCUT2D eigenvalue weighted by atomic mass is 16.5. The Morgan fingerprint density at radius 1 is 1.15 bits per heavy atom. The van der Waals surface area contributed by atoms with Crippen molar-refractivity contribution in [3.05, 3.63) is 53.9 Å². The quantitative estimate of drug-likeness (QED) is 0.493. The van der Waals surface area contributed by atoms with Gasteiger partial charge in [-0.25, -0.2) is 4.98 Å². The van der Waals surface area contributed by atoms with E-state index in [1.165, 1.54) is 7.11 Å². The lowest BCUT2D eigenvalue weighted by atomic mass is 10.3. The number of carbonyl (C=O) groups is 1. The van der Waals surface area contributed by atoms with Crippen LogP contribution in [0.1, 0.15) is 18.3 Å². The first-order valence-electron chi connectivity index (χ1n) is 8.30. The summed E-state index contributed by atoms with van der Waals surface area (Å²) >= 11 is 0. The van der Waals surface area contributed by atoms with Crippen LogP contribution in [-0.4, -0.2) is 29.1 Å². The molecule has 7 heteroatoms. The predicted octanol–water partition coefficient (Wildman–Crippen LogP) is 4.17. The smallest absolute Gasteiger partial charge is 0.311 e. The standard InChI is InChI=1S/C19H20N4O3/c1-4-26-15-10-8-14(9-11-15)21-22-19-16(12-18(24)25-3)20-17-7-5-6-13(2)23(17)19/h5-11H,4,12H2,1-3H3. The number of esters is 1. The molecule has 0 saturated heterocycles. The number of benzene rings is 1. The lowest BCUT2D eigenvalue weighted by Gasteiger charge is -2.03. The van der Waals surface area contributed by atoms with Gasteiger partial charge in [0.25, 0.3) is 0 Å². The van der Waals surface area contributed by atoms with Crippen molar-refractivity contribution in [3.63, 3.8) is 0 Å². The highest BCUT2D eigenvalue weighted by Crippen LogP contribution is 2.27. The molecular weight excluding hydrogens is 332 g/mol. The molecule has 7 nitrogen and oxygen atoms in total. The van der Waals surface area contributed by atoms with Crippen molar-refractivity contribution in [2.75, 3.05) is 13.7 Å². The Balaban J connectivity index is 1.99. The molecule has 134 valence electrons. The van der Waals surface area contributed by atoms with Crippen LogP contribution in [0, 0.1) is 6.92 Å². The van der Waals surface area contributed by atoms with E-state index in [1.807, 2.05) is 60.7 Å². The number of rotatable bonds is 6. The van der Waals surface area contributed by atoms with Crippen LogP contribution in [0.5, 0.6) is 5.75 Å². The van der Waals surface area contributed by atoms with Crippen LogP contribution in [0.15, 0.2) is 52.7 Å². The number of hydrogen-bond donors (Lipinski definition) is 0. The van der Waals surface area contributed by atoms with Gasteiger partial charge in [0.15, 0.2) is 5.82 Å². The topological polar surface area (TPSA) is 77.5 Å². The summed E-state index contributed by atoms with van der Waals surface area (Å²) in [6.45, 7) is 4.49. The highest BCUT2D eigenvalue weighted by molar-refractivity contribution is 5.74. The van der Waals surface area contributed by atoms with E-state index in [2.05, 4.69) is 15.2 Å². The van der Waals surface area contributed by atoms with Crippen molar-refractivity contribution >= 4 is 23.1 Å². The summed E-state index contributed by atoms with van der Waals surface area (Å²) in [5, 5.41) is 8.66. The van der Waals surface area contributed by atoms with E-state index in [4.69, 9.17) is 9.47 Å². The van der Waals surface area contributed by atoms with Gasteiger partial charge in [-0.1, -0.05) is 6.07 Å². The average molecular weight is 352 g/mol. The molecule has 0 aliphatic carbocycles. The van der Waals surface area contributed by atoms with Crippen molar-refractivity contribution in [3.8, 4) is 5.75 Å². The van der Waals surface area contributed by atoms with Gasteiger partial charge >= 0.3 is 5.97 Å². The maximum Gasteiger partial charge on any atom is 0.311 e. The van der Waals surface area contributed by atoms with Crippen LogP contribution in [0.4, 0.5) is 11.5 Å². The molecule has 2 aromatic heterocycles. The number of fused-ring (bicyclic) bond motifs is 1. The summed E-state index contributed by atoms with van der Waals surface area (Å²) in [6.07, 6.45) is 0.0370. The highest BCUT2D eigenvalue weighted by Gasteiger charge is 2.16.